The summed E-state index contributed by atoms with van der Waals surface area (Å²) in [7, 11) is -1.81. The van der Waals surface area contributed by atoms with Gasteiger partial charge in [-0.1, -0.05) is 0 Å². The molecular weight excluding hydrogens is 585 g/mol. The first-order chi connectivity index (χ1) is 20.2. The van der Waals surface area contributed by atoms with Crippen molar-refractivity contribution in [1.29, 1.82) is 0 Å². The van der Waals surface area contributed by atoms with Crippen molar-refractivity contribution in [3.63, 3.8) is 0 Å². The number of carbonyl (C=O) groups is 1. The van der Waals surface area contributed by atoms with Gasteiger partial charge in [-0.05, 0) is 0 Å². The highest BCUT2D eigenvalue weighted by atomic mass is 31.1. The van der Waals surface area contributed by atoms with Gasteiger partial charge >= 0.3 is 8.25 Å². The molecule has 0 bridgehead atoms. The van der Waals surface area contributed by atoms with Crippen LogP contribution < -0.4 is 16.6 Å². The average molecular weight is 618 g/mol. The van der Waals surface area contributed by atoms with E-state index in [0.29, 0.717) is 0 Å². The summed E-state index contributed by atoms with van der Waals surface area (Å²) >= 11 is 0. The number of hydrogen-bond acceptors (Lipinski definition) is 16. The zero-order valence-corrected chi connectivity index (χ0v) is 23.3. The van der Waals surface area contributed by atoms with Gasteiger partial charge < -0.3 is 59.3 Å². The van der Waals surface area contributed by atoms with Crippen LogP contribution in [0.25, 0.3) is 11.2 Å². The molecule has 5 heterocycles. The van der Waals surface area contributed by atoms with Crippen LogP contribution in [0.1, 0.15) is 12.6 Å². The van der Waals surface area contributed by atoms with Crippen LogP contribution in [0, 0.1) is 0 Å². The molecule has 20 heteroatoms. The highest BCUT2D eigenvalue weighted by Gasteiger charge is 2.50. The smallest absolute Gasteiger partial charge is 0.319 e. The molecule has 19 nitrogen and oxygen atoms in total. The average Bonchev–Trinajstić information content (AvgIpc) is 3.63. The predicted molar refractivity (Wildman–Crippen MR) is 139 cm³/mol. The number of carbonyl (C=O) groups excluding carboxylic acids is 1. The van der Waals surface area contributed by atoms with Crippen LogP contribution >= 0.6 is 8.25 Å². The van der Waals surface area contributed by atoms with Crippen LogP contribution in [0.3, 0.4) is 0 Å². The molecule has 0 saturated carbocycles. The number of aromatic nitrogens is 4. The molecule has 2 aromatic rings. The molecule has 2 saturated heterocycles. The van der Waals surface area contributed by atoms with E-state index in [4.69, 9.17) is 33.7 Å². The van der Waals surface area contributed by atoms with Crippen LogP contribution in [0.15, 0.2) is 23.4 Å². The number of nitrogens with one attached hydrogen (secondary N) is 2. The minimum absolute atomic E-state index is 0.0492. The fourth-order valence-electron chi connectivity index (χ4n) is 4.88. The number of aliphatic hydroxyl groups is 3. The van der Waals surface area contributed by atoms with Crippen molar-refractivity contribution in [2.24, 2.45) is 0 Å². The predicted octanol–water partition coefficient (Wildman–Crippen LogP) is -2.89. The summed E-state index contributed by atoms with van der Waals surface area (Å²) < 4.78 is 48.0. The first-order valence-electron chi connectivity index (χ1n) is 12.9. The second-order valence-corrected chi connectivity index (χ2v) is 10.6. The molecule has 42 heavy (non-hydrogen) atoms. The molecule has 7 N–H and O–H groups in total. The second-order valence-electron chi connectivity index (χ2n) is 9.57. The van der Waals surface area contributed by atoms with Crippen LogP contribution in [0.2, 0.25) is 0 Å². The maximum Gasteiger partial charge on any atom is 0.319 e. The Bertz CT molecular complexity index is 1370. The lowest BCUT2D eigenvalue weighted by Gasteiger charge is -2.36. The van der Waals surface area contributed by atoms with Gasteiger partial charge in [0.25, 0.3) is 5.56 Å². The zero-order chi connectivity index (χ0) is 30.0. The summed E-state index contributed by atoms with van der Waals surface area (Å²) in [5.74, 6) is -0.629. The Balaban J connectivity index is 1.23. The number of imidazole rings is 1. The van der Waals surface area contributed by atoms with E-state index in [1.807, 2.05) is 0 Å². The largest absolute Gasteiger partial charge is 0.394 e. The van der Waals surface area contributed by atoms with Crippen molar-refractivity contribution in [2.75, 3.05) is 39.3 Å². The van der Waals surface area contributed by atoms with Gasteiger partial charge in [-0.2, -0.15) is 4.98 Å². The van der Waals surface area contributed by atoms with Crippen molar-refractivity contribution in [1.82, 2.24) is 29.7 Å². The number of fused-ring (bicyclic) bond motifs is 1. The van der Waals surface area contributed by atoms with Gasteiger partial charge in [0.2, 0.25) is 18.2 Å². The molecule has 3 aliphatic heterocycles. The van der Waals surface area contributed by atoms with Gasteiger partial charge in [-0.25, -0.2) is 4.98 Å². The number of amides is 1. The quantitative estimate of drug-likeness (QED) is 0.103. The molecule has 5 rings (SSSR count). The van der Waals surface area contributed by atoms with Gasteiger partial charge in [-0.15, -0.1) is 0 Å². The molecule has 2 aromatic heterocycles. The van der Waals surface area contributed by atoms with Crippen molar-refractivity contribution in [3.05, 3.63) is 29.0 Å². The van der Waals surface area contributed by atoms with Gasteiger partial charge in [0, 0.05) is 25.8 Å². The van der Waals surface area contributed by atoms with Crippen molar-refractivity contribution < 1.29 is 52.7 Å². The molecule has 0 aliphatic carbocycles. The van der Waals surface area contributed by atoms with Crippen LogP contribution in [0.5, 0.6) is 0 Å². The number of methoxy groups -OCH3 is 1. The monoisotopic (exact) mass is 617 g/mol. The Morgan fingerprint density at radius 3 is 2.76 bits per heavy atom. The van der Waals surface area contributed by atoms with Crippen molar-refractivity contribution >= 4 is 31.3 Å². The summed E-state index contributed by atoms with van der Waals surface area (Å²) in [5, 5.41) is 33.2. The third kappa shape index (κ3) is 6.35. The van der Waals surface area contributed by atoms with Gasteiger partial charge in [-0.3, -0.25) is 23.7 Å². The van der Waals surface area contributed by atoms with E-state index in [-0.39, 0.29) is 43.4 Å². The van der Waals surface area contributed by atoms with Crippen LogP contribution in [-0.2, 0) is 37.4 Å². The maximum atomic E-state index is 12.9. The SMILES string of the molecule is COCCO[C@@H]1[C@H](O[PH](=O)OC[C@H]2O[C@@H](n3cnc4c(=O)[nH]c(N)nc43)C[C@@H]2O)[C@@H](CO)O[C@H]1N1C=CC(=O)NC1O. The summed E-state index contributed by atoms with van der Waals surface area (Å²) in [4.78, 5) is 35.4. The van der Waals surface area contributed by atoms with Gasteiger partial charge in [0.05, 0.1) is 38.9 Å². The normalized spacial score (nSPS) is 32.1. The number of rotatable bonds is 12. The molecule has 0 radical (unpaired) electrons. The second kappa shape index (κ2) is 13.1. The molecule has 9 atom stereocenters. The van der Waals surface area contributed by atoms with E-state index in [0.717, 1.165) is 0 Å². The summed E-state index contributed by atoms with van der Waals surface area (Å²) in [6, 6.07) is 0. The summed E-state index contributed by atoms with van der Waals surface area (Å²) in [5.41, 5.74) is 5.34. The number of hydrogen-bond donors (Lipinski definition) is 6. The first-order valence-corrected chi connectivity index (χ1v) is 14.1. The lowest BCUT2D eigenvalue weighted by Crippen LogP contribution is -2.56. The third-order valence-corrected chi connectivity index (χ3v) is 7.74. The minimum Gasteiger partial charge on any atom is -0.394 e. The van der Waals surface area contributed by atoms with E-state index >= 15 is 0 Å². The fourth-order valence-corrected chi connectivity index (χ4v) is 5.75. The van der Waals surface area contributed by atoms with Gasteiger partial charge in [0.1, 0.15) is 30.6 Å². The molecule has 0 spiro atoms. The molecule has 3 aliphatic rings. The van der Waals surface area contributed by atoms with E-state index < -0.39 is 75.7 Å². The number of nitrogen functional groups attached to an aromatic ring is 1. The Morgan fingerprint density at radius 1 is 1.21 bits per heavy atom. The van der Waals surface area contributed by atoms with Crippen molar-refractivity contribution in [2.45, 2.75) is 55.7 Å². The maximum absolute atomic E-state index is 12.9. The number of aromatic amines is 1. The standard InChI is InChI=1S/C22H32N7O12P/c1-36-4-5-37-17-16(11(7-30)40-20(17)28-3-2-13(32)25-22(28)34)41-42(35)38-8-12-10(31)6-14(39-12)29-9-24-15-18(29)26-21(23)27-19(15)33/h2-3,9-12,14,16-17,20,22,30-31,34,42H,4-8H2,1H3,(H,25,32)(H3,23,26,27,33)/t10-,11+,12+,14+,16+,17+,20+,22?/m0/s1. The topological polar surface area (TPSA) is 255 Å². The number of aliphatic hydroxyl groups excluding tert-OH is 3. The minimum atomic E-state index is -3.28. The number of H-pyrrole nitrogens is 1. The van der Waals surface area contributed by atoms with Crippen molar-refractivity contribution in [3.8, 4) is 0 Å². The Labute approximate surface area is 238 Å². The molecule has 0 aromatic carbocycles. The Morgan fingerprint density at radius 2 is 2.02 bits per heavy atom. The number of nitrogens with zero attached hydrogens (tertiary/aromatic N) is 4. The molecule has 1 amide bonds. The lowest BCUT2D eigenvalue weighted by atomic mass is 10.1. The fraction of sp³-hybridized carbons (Fsp3) is 0.636. The molecular formula is C22H32N7O12P. The van der Waals surface area contributed by atoms with E-state index in [1.54, 1.807) is 0 Å². The molecule has 232 valence electrons. The van der Waals surface area contributed by atoms with E-state index in [9.17, 15) is 29.5 Å². The highest BCUT2D eigenvalue weighted by Crippen LogP contribution is 2.38. The Hall–Kier alpha value is -2.97. The van der Waals surface area contributed by atoms with Crippen LogP contribution in [-0.4, -0.2) is 122 Å². The first kappa shape index (κ1) is 30.5. The number of anilines is 1. The zero-order valence-electron chi connectivity index (χ0n) is 22.3. The molecule has 2 fully saturated rings. The number of ether oxygens (including phenoxy) is 4. The highest BCUT2D eigenvalue weighted by molar-refractivity contribution is 7.33. The third-order valence-electron chi connectivity index (χ3n) is 6.87. The van der Waals surface area contributed by atoms with Crippen LogP contribution in [0.4, 0.5) is 5.95 Å². The lowest BCUT2D eigenvalue weighted by molar-refractivity contribution is -0.161. The summed E-state index contributed by atoms with van der Waals surface area (Å²) in [6.45, 7) is -0.609. The Kier molecular flexibility index (Phi) is 9.53. The van der Waals surface area contributed by atoms with E-state index in [1.165, 1.54) is 35.2 Å². The van der Waals surface area contributed by atoms with E-state index in [2.05, 4.69) is 20.3 Å². The van der Waals surface area contributed by atoms with Gasteiger partial charge in [0.15, 0.2) is 17.4 Å². The summed E-state index contributed by atoms with van der Waals surface area (Å²) in [6.07, 6.45) is -4.46. The molecule has 2 unspecified atom stereocenters. The number of nitrogens with two attached hydrogens (primary N) is 1.